The van der Waals surface area contributed by atoms with Crippen LogP contribution in [0.3, 0.4) is 0 Å². The Balaban J connectivity index is 1.84. The number of fused-ring (bicyclic) bond motifs is 2. The van der Waals surface area contributed by atoms with Crippen molar-refractivity contribution >= 4 is 35.4 Å². The van der Waals surface area contributed by atoms with Crippen molar-refractivity contribution < 1.29 is 44.2 Å². The second kappa shape index (κ2) is 16.5. The quantitative estimate of drug-likeness (QED) is 0.191. The van der Waals surface area contributed by atoms with Gasteiger partial charge in [0.2, 0.25) is 17.7 Å². The Labute approximate surface area is 297 Å². The van der Waals surface area contributed by atoms with Crippen LogP contribution in [-0.2, 0) is 35.2 Å². The van der Waals surface area contributed by atoms with Gasteiger partial charge in [0.25, 0.3) is 17.7 Å². The van der Waals surface area contributed by atoms with Crippen molar-refractivity contribution in [3.05, 3.63) is 35.9 Å². The molecule has 17 heteroatoms. The maximum absolute atomic E-state index is 14.4. The summed E-state index contributed by atoms with van der Waals surface area (Å²) in [4.78, 5) is 86.6. The Morgan fingerprint density at radius 1 is 0.902 bits per heavy atom. The van der Waals surface area contributed by atoms with Crippen molar-refractivity contribution in [2.75, 3.05) is 33.7 Å². The summed E-state index contributed by atoms with van der Waals surface area (Å²) in [6.07, 6.45) is -0.338. The summed E-state index contributed by atoms with van der Waals surface area (Å²) in [5, 5.41) is 38.3. The lowest BCUT2D eigenvalue weighted by molar-refractivity contribution is -0.193. The highest BCUT2D eigenvalue weighted by Crippen LogP contribution is 2.26. The summed E-state index contributed by atoms with van der Waals surface area (Å²) in [6, 6.07) is 1.77. The molecular weight excluding hydrogens is 664 g/mol. The minimum absolute atomic E-state index is 0.0607. The van der Waals surface area contributed by atoms with Crippen molar-refractivity contribution in [1.29, 1.82) is 0 Å². The van der Waals surface area contributed by atoms with Gasteiger partial charge < -0.3 is 25.3 Å². The highest BCUT2D eigenvalue weighted by Gasteiger charge is 2.50. The first kappa shape index (κ1) is 39.6. The lowest BCUT2D eigenvalue weighted by Gasteiger charge is -2.46. The number of benzene rings is 1. The van der Waals surface area contributed by atoms with Gasteiger partial charge in [-0.05, 0) is 38.2 Å². The maximum Gasteiger partial charge on any atom is 0.269 e. The summed E-state index contributed by atoms with van der Waals surface area (Å²) < 4.78 is 0. The molecule has 7 atom stereocenters. The fourth-order valence-corrected chi connectivity index (χ4v) is 6.93. The average molecular weight is 717 g/mol. The van der Waals surface area contributed by atoms with Gasteiger partial charge in [0, 0.05) is 40.0 Å². The minimum Gasteiger partial charge on any atom is -0.392 e. The average Bonchev–Trinajstić information content (AvgIpc) is 3.09. The van der Waals surface area contributed by atoms with Crippen LogP contribution in [0.1, 0.15) is 58.9 Å². The van der Waals surface area contributed by atoms with Crippen molar-refractivity contribution in [3.63, 3.8) is 0 Å². The van der Waals surface area contributed by atoms with Crippen molar-refractivity contribution in [1.82, 2.24) is 41.0 Å². The van der Waals surface area contributed by atoms with Crippen LogP contribution < -0.4 is 16.2 Å². The van der Waals surface area contributed by atoms with Crippen LogP contribution >= 0.6 is 0 Å². The zero-order chi connectivity index (χ0) is 37.8. The summed E-state index contributed by atoms with van der Waals surface area (Å²) in [5.41, 5.74) is 4.48. The first-order valence-corrected chi connectivity index (χ1v) is 17.4. The van der Waals surface area contributed by atoms with Crippen molar-refractivity contribution in [2.45, 2.75) is 102 Å². The van der Waals surface area contributed by atoms with Gasteiger partial charge in [-0.2, -0.15) is 0 Å². The summed E-state index contributed by atoms with van der Waals surface area (Å²) >= 11 is 0. The molecule has 1 aromatic rings. The van der Waals surface area contributed by atoms with E-state index in [1.165, 1.54) is 27.9 Å². The number of amides is 6. The predicted octanol–water partition coefficient (Wildman–Crippen LogP) is -1.62. The molecule has 3 saturated heterocycles. The summed E-state index contributed by atoms with van der Waals surface area (Å²) in [7, 11) is 2.63. The number of carbonyl (C=O) groups excluding carboxylic acids is 6. The Hall–Kier alpha value is -4.16. The van der Waals surface area contributed by atoms with Crippen molar-refractivity contribution in [3.8, 4) is 0 Å². The third-order valence-electron chi connectivity index (χ3n) is 9.83. The molecule has 51 heavy (non-hydrogen) atoms. The third-order valence-corrected chi connectivity index (χ3v) is 9.83. The van der Waals surface area contributed by atoms with Gasteiger partial charge >= 0.3 is 0 Å². The summed E-state index contributed by atoms with van der Waals surface area (Å²) in [5.74, 6) is -5.42. The lowest BCUT2D eigenvalue weighted by atomic mass is 9.93. The summed E-state index contributed by atoms with van der Waals surface area (Å²) in [6.45, 7) is 5.73. The molecular formula is C34H52N8O9. The molecule has 1 aromatic carbocycles. The van der Waals surface area contributed by atoms with Crippen LogP contribution in [0.15, 0.2) is 30.3 Å². The van der Waals surface area contributed by atoms with Crippen LogP contribution in [0.25, 0.3) is 0 Å². The lowest BCUT2D eigenvalue weighted by Crippen LogP contribution is -2.70. The minimum atomic E-state index is -1.86. The van der Waals surface area contributed by atoms with Gasteiger partial charge in [0.1, 0.15) is 30.2 Å². The molecule has 0 radical (unpaired) electrons. The van der Waals surface area contributed by atoms with Crippen LogP contribution in [-0.4, -0.2) is 151 Å². The molecule has 3 aliphatic heterocycles. The number of rotatable bonds is 5. The molecule has 2 unspecified atom stereocenters. The molecule has 0 aliphatic carbocycles. The number of carbonyl (C=O) groups is 6. The van der Waals surface area contributed by atoms with E-state index in [2.05, 4.69) is 16.2 Å². The first-order valence-electron chi connectivity index (χ1n) is 17.4. The highest BCUT2D eigenvalue weighted by atomic mass is 16.5. The Morgan fingerprint density at radius 2 is 1.55 bits per heavy atom. The van der Waals surface area contributed by atoms with E-state index in [4.69, 9.17) is 0 Å². The van der Waals surface area contributed by atoms with Crippen LogP contribution in [0.5, 0.6) is 0 Å². The molecule has 0 saturated carbocycles. The van der Waals surface area contributed by atoms with E-state index >= 15 is 0 Å². The van der Waals surface area contributed by atoms with E-state index < -0.39 is 89.8 Å². The SMILES string of the molecule is CCC(C)C1C(=O)N2NCCC[C@@H]2C(=O)N(C)[C@@H](C(C)(C)O)C(=O)N2NC[C@H](O)C[C@@H]2C(=O)N(C)CC(=O)N[C@H](Cc2ccccc2)C(=O)N1O. The molecule has 0 bridgehead atoms. The van der Waals surface area contributed by atoms with E-state index in [1.807, 2.05) is 0 Å². The second-order valence-corrected chi connectivity index (χ2v) is 14.3. The molecule has 6 N–H and O–H groups in total. The second-order valence-electron chi connectivity index (χ2n) is 14.3. The first-order chi connectivity index (χ1) is 24.0. The Morgan fingerprint density at radius 3 is 2.18 bits per heavy atom. The van der Waals surface area contributed by atoms with Crippen LogP contribution in [0.2, 0.25) is 0 Å². The van der Waals surface area contributed by atoms with Gasteiger partial charge in [-0.15, -0.1) is 0 Å². The molecule has 3 fully saturated rings. The predicted molar refractivity (Wildman–Crippen MR) is 182 cm³/mol. The monoisotopic (exact) mass is 716 g/mol. The van der Waals surface area contributed by atoms with Gasteiger partial charge in [-0.1, -0.05) is 50.6 Å². The van der Waals surface area contributed by atoms with Gasteiger partial charge in [-0.25, -0.2) is 15.9 Å². The number of nitrogens with one attached hydrogen (secondary N) is 3. The topological polar surface area (TPSA) is 215 Å². The van der Waals surface area contributed by atoms with Gasteiger partial charge in [0.05, 0.1) is 18.2 Å². The molecule has 0 aromatic heterocycles. The number of likely N-dealkylation sites (N-methyl/N-ethyl adjacent to an activating group) is 2. The maximum atomic E-state index is 14.4. The number of hydrogen-bond donors (Lipinski definition) is 6. The fraction of sp³-hybridized carbons (Fsp3) is 0.647. The number of β-amino-alcohol motifs (C(OH)–C–C–N with tert-alkyl or cyclic N) is 1. The van der Waals surface area contributed by atoms with E-state index in [-0.39, 0.29) is 25.8 Å². The number of hydrazine groups is 2. The van der Waals surface area contributed by atoms with Crippen LogP contribution in [0.4, 0.5) is 0 Å². The van der Waals surface area contributed by atoms with E-state index in [0.717, 1.165) is 19.8 Å². The fourth-order valence-electron chi connectivity index (χ4n) is 6.93. The van der Waals surface area contributed by atoms with Crippen LogP contribution in [0, 0.1) is 5.92 Å². The van der Waals surface area contributed by atoms with E-state index in [9.17, 15) is 44.2 Å². The third kappa shape index (κ3) is 8.84. The standard InChI is InChI=1S/C34H52N8O9/c1-7-20(2)27-32(48)40-24(14-11-15-35-40)31(47)39(6)28(34(3,4)50)33(49)41-25(17-22(43)18-36-41)30(46)38(5)19-26(44)37-23(29(45)42(27)51)16-21-12-9-8-10-13-21/h8-10,12-13,20,22-25,27-28,35-36,43,50-51H,7,11,14-19H2,1-6H3,(H,37,44)/t20?,22-,23-,24-,25-,27?,28-/m1/s1. The molecule has 282 valence electrons. The van der Waals surface area contributed by atoms with Crippen molar-refractivity contribution in [2.24, 2.45) is 5.92 Å². The number of aliphatic hydroxyl groups is 2. The molecule has 6 amide bonds. The Kier molecular flexibility index (Phi) is 12.8. The number of hydrogen-bond acceptors (Lipinski definition) is 11. The molecule has 4 rings (SSSR count). The van der Waals surface area contributed by atoms with Gasteiger partial charge in [0.15, 0.2) is 0 Å². The largest absolute Gasteiger partial charge is 0.392 e. The molecule has 3 heterocycles. The van der Waals surface area contributed by atoms with E-state index in [1.54, 1.807) is 44.2 Å². The zero-order valence-corrected chi connectivity index (χ0v) is 30.1. The molecule has 3 aliphatic rings. The number of hydroxylamine groups is 2. The Bertz CT molecular complexity index is 1460. The van der Waals surface area contributed by atoms with Gasteiger partial charge in [-0.3, -0.25) is 44.0 Å². The molecule has 0 spiro atoms. The number of nitrogens with zero attached hydrogens (tertiary/aromatic N) is 5. The normalized spacial score (nSPS) is 28.9. The van der Waals surface area contributed by atoms with E-state index in [0.29, 0.717) is 30.0 Å². The zero-order valence-electron chi connectivity index (χ0n) is 30.1. The number of aliphatic hydroxyl groups excluding tert-OH is 1. The highest BCUT2D eigenvalue weighted by molar-refractivity contribution is 5.97. The molecule has 17 nitrogen and oxygen atoms in total. The smallest absolute Gasteiger partial charge is 0.269 e.